The van der Waals surface area contributed by atoms with Gasteiger partial charge in [0, 0.05) is 35.1 Å². The summed E-state index contributed by atoms with van der Waals surface area (Å²) >= 11 is 3.21. The van der Waals surface area contributed by atoms with Crippen molar-refractivity contribution < 1.29 is 9.18 Å². The Bertz CT molecular complexity index is 930. The molecular formula is C23H31FN4OS2. The van der Waals surface area contributed by atoms with Crippen LogP contribution < -0.4 is 5.32 Å². The van der Waals surface area contributed by atoms with E-state index in [-0.39, 0.29) is 5.91 Å². The topological polar surface area (TPSA) is 58.1 Å². The molecule has 0 atom stereocenters. The highest BCUT2D eigenvalue weighted by molar-refractivity contribution is 7.12. The zero-order valence-electron chi connectivity index (χ0n) is 18.2. The van der Waals surface area contributed by atoms with E-state index in [0.29, 0.717) is 25.3 Å². The third kappa shape index (κ3) is 5.17. The zero-order chi connectivity index (χ0) is 21.4. The number of hydrogen-bond acceptors (Lipinski definition) is 6. The Balaban J connectivity index is 1.02. The van der Waals surface area contributed by atoms with Gasteiger partial charge in [-0.3, -0.25) is 9.69 Å². The molecule has 31 heavy (non-hydrogen) atoms. The van der Waals surface area contributed by atoms with Crippen LogP contribution in [0.5, 0.6) is 0 Å². The van der Waals surface area contributed by atoms with Crippen LogP contribution in [0.2, 0.25) is 0 Å². The van der Waals surface area contributed by atoms with Gasteiger partial charge in [-0.2, -0.15) is 0 Å². The van der Waals surface area contributed by atoms with Crippen LogP contribution in [0.4, 0.5) is 4.39 Å². The van der Waals surface area contributed by atoms with Crippen LogP contribution >= 0.6 is 22.7 Å². The molecule has 5 rings (SSSR count). The number of carbonyl (C=O) groups excluding carboxylic acids is 1. The average Bonchev–Trinajstić information content (AvgIpc) is 3.16. The van der Waals surface area contributed by atoms with Gasteiger partial charge in [-0.1, -0.05) is 0 Å². The Morgan fingerprint density at radius 2 is 2.10 bits per heavy atom. The minimum atomic E-state index is -1.10. The number of amides is 1. The molecule has 2 aromatic rings. The van der Waals surface area contributed by atoms with Gasteiger partial charge in [0.25, 0.3) is 0 Å². The third-order valence-electron chi connectivity index (χ3n) is 6.95. The van der Waals surface area contributed by atoms with E-state index in [1.807, 2.05) is 13.1 Å². The maximum Gasteiger partial charge on any atom is 0.225 e. The Morgan fingerprint density at radius 1 is 1.29 bits per heavy atom. The van der Waals surface area contributed by atoms with Crippen LogP contribution in [-0.4, -0.2) is 39.9 Å². The van der Waals surface area contributed by atoms with Crippen molar-refractivity contribution in [3.05, 3.63) is 31.7 Å². The quantitative estimate of drug-likeness (QED) is 0.657. The predicted molar refractivity (Wildman–Crippen MR) is 122 cm³/mol. The van der Waals surface area contributed by atoms with Crippen molar-refractivity contribution >= 4 is 28.6 Å². The summed E-state index contributed by atoms with van der Waals surface area (Å²) < 4.78 is 14.3. The average molecular weight is 463 g/mol. The van der Waals surface area contributed by atoms with Crippen molar-refractivity contribution in [2.75, 3.05) is 13.1 Å². The molecule has 8 heteroatoms. The summed E-state index contributed by atoms with van der Waals surface area (Å²) in [6, 6.07) is 0.319. The second kappa shape index (κ2) is 8.87. The van der Waals surface area contributed by atoms with Gasteiger partial charge < -0.3 is 5.32 Å². The van der Waals surface area contributed by atoms with E-state index in [2.05, 4.69) is 20.2 Å². The SMILES string of the molecule is Cc1ncc(CC(=O)N[C@H]2CC[C@H](CCN3CCc4sc(C5(F)CC5)nc4C3)CC2)s1. The first-order valence-corrected chi connectivity index (χ1v) is 13.2. The molecule has 1 N–H and O–H groups in total. The lowest BCUT2D eigenvalue weighted by atomic mass is 9.84. The number of hydrogen-bond donors (Lipinski definition) is 1. The zero-order valence-corrected chi connectivity index (χ0v) is 19.8. The molecular weight excluding hydrogens is 431 g/mol. The van der Waals surface area contributed by atoms with Crippen molar-refractivity contribution in [1.29, 1.82) is 0 Å². The molecule has 2 fully saturated rings. The molecule has 0 radical (unpaired) electrons. The maximum atomic E-state index is 14.3. The van der Waals surface area contributed by atoms with Crippen molar-refractivity contribution in [2.45, 2.75) is 83.0 Å². The van der Waals surface area contributed by atoms with Crippen molar-refractivity contribution in [3.8, 4) is 0 Å². The highest BCUT2D eigenvalue weighted by Gasteiger charge is 2.48. The minimum Gasteiger partial charge on any atom is -0.353 e. The first kappa shape index (κ1) is 21.5. The number of halogens is 1. The summed E-state index contributed by atoms with van der Waals surface area (Å²) in [5, 5.41) is 4.96. The lowest BCUT2D eigenvalue weighted by Gasteiger charge is -2.32. The summed E-state index contributed by atoms with van der Waals surface area (Å²) in [5.74, 6) is 0.866. The van der Waals surface area contributed by atoms with E-state index in [1.54, 1.807) is 22.7 Å². The van der Waals surface area contributed by atoms with Crippen molar-refractivity contribution in [1.82, 2.24) is 20.2 Å². The number of alkyl halides is 1. The number of aromatic nitrogens is 2. The Hall–Kier alpha value is -1.38. The summed E-state index contributed by atoms with van der Waals surface area (Å²) in [6.45, 7) is 5.01. The normalized spacial score (nSPS) is 25.2. The molecule has 168 valence electrons. The molecule has 2 aliphatic carbocycles. The van der Waals surface area contributed by atoms with Crippen LogP contribution in [0.3, 0.4) is 0 Å². The molecule has 0 saturated heterocycles. The monoisotopic (exact) mass is 462 g/mol. The first-order valence-electron chi connectivity index (χ1n) is 11.6. The molecule has 0 unspecified atom stereocenters. The lowest BCUT2D eigenvalue weighted by molar-refractivity contribution is -0.121. The fourth-order valence-corrected chi connectivity index (χ4v) is 6.83. The predicted octanol–water partition coefficient (Wildman–Crippen LogP) is 4.53. The van der Waals surface area contributed by atoms with E-state index < -0.39 is 5.67 Å². The van der Waals surface area contributed by atoms with Crippen LogP contribution in [0.25, 0.3) is 0 Å². The number of thiazole rings is 2. The van der Waals surface area contributed by atoms with Crippen LogP contribution in [0, 0.1) is 12.8 Å². The van der Waals surface area contributed by atoms with Gasteiger partial charge in [-0.15, -0.1) is 22.7 Å². The van der Waals surface area contributed by atoms with E-state index in [0.717, 1.165) is 65.4 Å². The standard InChI is InChI=1S/C23H31FN4OS2/c1-15-25-13-18(30-15)12-21(29)26-17-4-2-16(3-5-17)6-10-28-11-7-20-19(14-28)27-22(31-20)23(24)8-9-23/h13,16-17H,2-12,14H2,1H3,(H,26,29)/t16-,17-. The lowest BCUT2D eigenvalue weighted by Crippen LogP contribution is -2.39. The molecule has 1 amide bonds. The Kier molecular flexibility index (Phi) is 6.14. The van der Waals surface area contributed by atoms with Gasteiger partial charge in [-0.05, 0) is 70.8 Å². The molecule has 3 heterocycles. The summed E-state index contributed by atoms with van der Waals surface area (Å²) in [4.78, 5) is 26.0. The highest BCUT2D eigenvalue weighted by atomic mass is 32.1. The van der Waals surface area contributed by atoms with Gasteiger partial charge in [0.05, 0.1) is 17.1 Å². The van der Waals surface area contributed by atoms with Crippen molar-refractivity contribution in [3.63, 3.8) is 0 Å². The number of carbonyl (C=O) groups is 1. The Labute approximate surface area is 191 Å². The van der Waals surface area contributed by atoms with Crippen molar-refractivity contribution in [2.24, 2.45) is 5.92 Å². The number of fused-ring (bicyclic) bond motifs is 1. The van der Waals surface area contributed by atoms with Gasteiger partial charge in [-0.25, -0.2) is 14.4 Å². The van der Waals surface area contributed by atoms with Crippen LogP contribution in [0.15, 0.2) is 6.20 Å². The van der Waals surface area contributed by atoms with Gasteiger partial charge in [0.2, 0.25) is 5.91 Å². The molecule has 5 nitrogen and oxygen atoms in total. The number of nitrogens with zero attached hydrogens (tertiary/aromatic N) is 3. The third-order valence-corrected chi connectivity index (χ3v) is 9.20. The molecule has 0 bridgehead atoms. The molecule has 2 aromatic heterocycles. The number of aryl methyl sites for hydroxylation is 1. The fourth-order valence-electron chi connectivity index (χ4n) is 4.84. The minimum absolute atomic E-state index is 0.125. The second-order valence-electron chi connectivity index (χ2n) is 9.48. The van der Waals surface area contributed by atoms with Crippen LogP contribution in [0.1, 0.15) is 70.4 Å². The molecule has 1 aliphatic heterocycles. The first-order chi connectivity index (χ1) is 15.0. The van der Waals surface area contributed by atoms with E-state index >= 15 is 0 Å². The Morgan fingerprint density at radius 3 is 2.81 bits per heavy atom. The molecule has 0 spiro atoms. The summed E-state index contributed by atoms with van der Waals surface area (Å²) in [6.07, 6.45) is 10.3. The summed E-state index contributed by atoms with van der Waals surface area (Å²) in [7, 11) is 0. The van der Waals surface area contributed by atoms with Gasteiger partial charge in [0.15, 0.2) is 5.67 Å². The summed E-state index contributed by atoms with van der Waals surface area (Å²) in [5.41, 5.74) is 0.0262. The smallest absolute Gasteiger partial charge is 0.225 e. The van der Waals surface area contributed by atoms with E-state index in [1.165, 1.54) is 24.1 Å². The highest BCUT2D eigenvalue weighted by Crippen LogP contribution is 2.51. The van der Waals surface area contributed by atoms with Crippen LogP contribution in [-0.2, 0) is 29.8 Å². The molecule has 3 aliphatic rings. The van der Waals surface area contributed by atoms with E-state index in [9.17, 15) is 9.18 Å². The second-order valence-corrected chi connectivity index (χ2v) is 11.9. The maximum absolute atomic E-state index is 14.3. The molecule has 0 aromatic carbocycles. The number of rotatable bonds is 7. The van der Waals surface area contributed by atoms with Gasteiger partial charge >= 0.3 is 0 Å². The van der Waals surface area contributed by atoms with Gasteiger partial charge in [0.1, 0.15) is 5.01 Å². The van der Waals surface area contributed by atoms with E-state index in [4.69, 9.17) is 0 Å². The largest absolute Gasteiger partial charge is 0.353 e. The number of nitrogens with one attached hydrogen (secondary N) is 1. The molecule has 2 saturated carbocycles. The fraction of sp³-hybridized carbons (Fsp3) is 0.696.